The predicted octanol–water partition coefficient (Wildman–Crippen LogP) is 7.65. The van der Waals surface area contributed by atoms with Crippen molar-refractivity contribution in [2.75, 3.05) is 7.11 Å². The second-order valence-electron chi connectivity index (χ2n) is 11.3. The van der Waals surface area contributed by atoms with Crippen LogP contribution in [0.5, 0.6) is 11.5 Å². The van der Waals surface area contributed by atoms with Gasteiger partial charge in [0.15, 0.2) is 11.5 Å². The second kappa shape index (κ2) is 10.5. The average molecular weight is 499 g/mol. The zero-order valence-corrected chi connectivity index (χ0v) is 22.0. The molecule has 3 aliphatic rings. The maximum absolute atomic E-state index is 6.23. The van der Waals surface area contributed by atoms with Gasteiger partial charge in [-0.3, -0.25) is 0 Å². The summed E-state index contributed by atoms with van der Waals surface area (Å²) in [6.07, 6.45) is 7.18. The lowest BCUT2D eigenvalue weighted by Crippen LogP contribution is -2.44. The van der Waals surface area contributed by atoms with Crippen molar-refractivity contribution in [3.63, 3.8) is 0 Å². The number of benzene rings is 3. The lowest BCUT2D eigenvalue weighted by molar-refractivity contribution is -0.351. The number of hydrogen-bond donors (Lipinski definition) is 0. The number of methoxy groups -OCH3 is 1. The molecule has 194 valence electrons. The molecule has 6 rings (SSSR count). The van der Waals surface area contributed by atoms with E-state index in [1.54, 1.807) is 7.11 Å². The first kappa shape index (κ1) is 24.5. The molecule has 3 unspecified atom stereocenters. The van der Waals surface area contributed by atoms with Crippen molar-refractivity contribution in [1.29, 1.82) is 0 Å². The summed E-state index contributed by atoms with van der Waals surface area (Å²) < 4.78 is 12.1. The summed E-state index contributed by atoms with van der Waals surface area (Å²) in [5.74, 6) is 3.65. The Kier molecular flexibility index (Phi) is 6.96. The number of aryl methyl sites for hydroxylation is 1. The van der Waals surface area contributed by atoms with Gasteiger partial charge in [-0.15, -0.1) is 0 Å². The number of fused-ring (bicyclic) bond motifs is 5. The van der Waals surface area contributed by atoms with Crippen LogP contribution in [0.15, 0.2) is 72.8 Å². The largest absolute Gasteiger partial charge is 0.493 e. The molecular weight excluding hydrogens is 460 g/mol. The van der Waals surface area contributed by atoms with Gasteiger partial charge in [-0.25, -0.2) is 9.78 Å². The molecule has 0 aromatic heterocycles. The Morgan fingerprint density at radius 3 is 2.27 bits per heavy atom. The molecule has 37 heavy (non-hydrogen) atoms. The molecule has 0 bridgehead atoms. The van der Waals surface area contributed by atoms with Gasteiger partial charge in [0.05, 0.1) is 13.2 Å². The van der Waals surface area contributed by atoms with E-state index >= 15 is 0 Å². The van der Waals surface area contributed by atoms with Gasteiger partial charge < -0.3 is 9.47 Å². The Labute approximate surface area is 220 Å². The first-order chi connectivity index (χ1) is 18.2. The summed E-state index contributed by atoms with van der Waals surface area (Å²) >= 11 is 0. The molecule has 3 aromatic carbocycles. The molecule has 0 saturated heterocycles. The summed E-state index contributed by atoms with van der Waals surface area (Å²) in [6, 6.07) is 25.1. The molecule has 2 saturated carbocycles. The Morgan fingerprint density at radius 2 is 1.54 bits per heavy atom. The van der Waals surface area contributed by atoms with Crippen LogP contribution in [0.2, 0.25) is 0 Å². The van der Waals surface area contributed by atoms with Crippen LogP contribution in [0.3, 0.4) is 0 Å². The lowest BCUT2D eigenvalue weighted by Gasteiger charge is -2.50. The van der Waals surface area contributed by atoms with Crippen LogP contribution in [0.1, 0.15) is 67.2 Å². The molecule has 2 fully saturated rings. The topological polar surface area (TPSA) is 36.9 Å². The summed E-state index contributed by atoms with van der Waals surface area (Å²) in [6.45, 7) is 3.51. The Balaban J connectivity index is 1.15. The Bertz CT molecular complexity index is 1190. The molecule has 3 aliphatic carbocycles. The van der Waals surface area contributed by atoms with Gasteiger partial charge in [-0.05, 0) is 90.7 Å². The normalized spacial score (nSPS) is 28.2. The zero-order valence-electron chi connectivity index (χ0n) is 22.0. The standard InChI is InChI=1S/C33H38O4/c1-33-18-17-26-27(29(33)15-16-32(33)37-36-22-24-11-7-4-8-12-24)14-13-25-19-31(30(34-2)20-28(25)26)35-21-23-9-5-3-6-10-23/h3-12,19-20,26-27,29,32H,13-18,21-22H2,1-2H3/t26?,27?,29?,32-,33+/m1/s1. The summed E-state index contributed by atoms with van der Waals surface area (Å²) in [4.78, 5) is 11.9. The highest BCUT2D eigenvalue weighted by Gasteiger charge is 2.56. The summed E-state index contributed by atoms with van der Waals surface area (Å²) in [5.41, 5.74) is 5.41. The third-order valence-corrected chi connectivity index (χ3v) is 9.41. The fraction of sp³-hybridized carbons (Fsp3) is 0.455. The van der Waals surface area contributed by atoms with Gasteiger partial charge in [0.25, 0.3) is 0 Å². The van der Waals surface area contributed by atoms with E-state index in [0.29, 0.717) is 31.0 Å². The van der Waals surface area contributed by atoms with Crippen LogP contribution in [0.25, 0.3) is 0 Å². The van der Waals surface area contributed by atoms with Gasteiger partial charge in [0.1, 0.15) is 13.2 Å². The lowest BCUT2D eigenvalue weighted by atomic mass is 9.55. The van der Waals surface area contributed by atoms with E-state index in [-0.39, 0.29) is 11.5 Å². The highest BCUT2D eigenvalue weighted by atomic mass is 17.2. The van der Waals surface area contributed by atoms with E-state index in [4.69, 9.17) is 19.2 Å². The Hall–Kier alpha value is -2.82. The van der Waals surface area contributed by atoms with Gasteiger partial charge in [0, 0.05) is 5.41 Å². The van der Waals surface area contributed by atoms with Gasteiger partial charge >= 0.3 is 0 Å². The molecular formula is C33H38O4. The number of hydrogen-bond acceptors (Lipinski definition) is 4. The molecule has 0 aliphatic heterocycles. The number of rotatable bonds is 8. The van der Waals surface area contributed by atoms with Crippen molar-refractivity contribution in [2.24, 2.45) is 17.3 Å². The van der Waals surface area contributed by atoms with Gasteiger partial charge in [-0.1, -0.05) is 67.6 Å². The number of ether oxygens (including phenoxy) is 2. The van der Waals surface area contributed by atoms with Crippen molar-refractivity contribution < 1.29 is 19.2 Å². The first-order valence-corrected chi connectivity index (χ1v) is 13.9. The zero-order chi connectivity index (χ0) is 25.2. The van der Waals surface area contributed by atoms with Crippen molar-refractivity contribution >= 4 is 0 Å². The molecule has 4 heteroatoms. The minimum atomic E-state index is 0.173. The fourth-order valence-corrected chi connectivity index (χ4v) is 7.45. The van der Waals surface area contributed by atoms with E-state index in [9.17, 15) is 0 Å². The fourth-order valence-electron chi connectivity index (χ4n) is 7.45. The van der Waals surface area contributed by atoms with Crippen LogP contribution in [0.4, 0.5) is 0 Å². The van der Waals surface area contributed by atoms with E-state index in [1.165, 1.54) is 42.4 Å². The quantitative estimate of drug-likeness (QED) is 0.236. The van der Waals surface area contributed by atoms with Gasteiger partial charge in [-0.2, -0.15) is 0 Å². The van der Waals surface area contributed by atoms with E-state index in [2.05, 4.69) is 43.3 Å². The SMILES string of the molecule is COc1cc2c(cc1OCc1ccccc1)CCC1C2CC[C@@]2(C)C1CC[C@H]2OOCc1ccccc1. The smallest absolute Gasteiger partial charge is 0.161 e. The maximum Gasteiger partial charge on any atom is 0.161 e. The van der Waals surface area contributed by atoms with Crippen LogP contribution >= 0.6 is 0 Å². The van der Waals surface area contributed by atoms with E-state index in [1.807, 2.05) is 36.4 Å². The van der Waals surface area contributed by atoms with Gasteiger partial charge in [0.2, 0.25) is 0 Å². The first-order valence-electron chi connectivity index (χ1n) is 13.9. The highest BCUT2D eigenvalue weighted by Crippen LogP contribution is 2.62. The molecule has 4 nitrogen and oxygen atoms in total. The van der Waals surface area contributed by atoms with Crippen molar-refractivity contribution in [3.05, 3.63) is 95.1 Å². The Morgan fingerprint density at radius 1 is 0.811 bits per heavy atom. The molecule has 0 spiro atoms. The average Bonchev–Trinajstić information content (AvgIpc) is 3.28. The molecule has 0 amide bonds. The monoisotopic (exact) mass is 498 g/mol. The van der Waals surface area contributed by atoms with Crippen molar-refractivity contribution in [1.82, 2.24) is 0 Å². The minimum Gasteiger partial charge on any atom is -0.493 e. The molecule has 5 atom stereocenters. The third-order valence-electron chi connectivity index (χ3n) is 9.41. The van der Waals surface area contributed by atoms with Crippen LogP contribution in [-0.4, -0.2) is 13.2 Å². The second-order valence-corrected chi connectivity index (χ2v) is 11.3. The molecule has 0 N–H and O–H groups in total. The van der Waals surface area contributed by atoms with Crippen molar-refractivity contribution in [2.45, 2.75) is 70.7 Å². The summed E-state index contributed by atoms with van der Waals surface area (Å²) in [5, 5.41) is 0. The third kappa shape index (κ3) is 4.78. The highest BCUT2D eigenvalue weighted by molar-refractivity contribution is 5.50. The van der Waals surface area contributed by atoms with E-state index in [0.717, 1.165) is 29.9 Å². The molecule has 0 radical (unpaired) electrons. The molecule has 3 aromatic rings. The van der Waals surface area contributed by atoms with Crippen LogP contribution in [0, 0.1) is 17.3 Å². The minimum absolute atomic E-state index is 0.173. The molecule has 0 heterocycles. The van der Waals surface area contributed by atoms with E-state index < -0.39 is 0 Å². The maximum atomic E-state index is 6.23. The summed E-state index contributed by atoms with van der Waals surface area (Å²) in [7, 11) is 1.75. The van der Waals surface area contributed by atoms with Crippen molar-refractivity contribution in [3.8, 4) is 11.5 Å². The predicted molar refractivity (Wildman–Crippen MR) is 144 cm³/mol. The van der Waals surface area contributed by atoms with Crippen LogP contribution < -0.4 is 9.47 Å². The van der Waals surface area contributed by atoms with Crippen LogP contribution in [-0.2, 0) is 29.4 Å².